The molecule has 5 rings (SSSR count). The highest BCUT2D eigenvalue weighted by molar-refractivity contribution is 6.33. The zero-order chi connectivity index (χ0) is 28.2. The van der Waals surface area contributed by atoms with E-state index >= 15 is 0 Å². The van der Waals surface area contributed by atoms with Crippen LogP contribution >= 0.6 is 11.6 Å². The minimum absolute atomic E-state index is 0.0122. The Hall–Kier alpha value is -2.97. The number of hydrogen-bond donors (Lipinski definition) is 1. The maximum absolute atomic E-state index is 14.8. The van der Waals surface area contributed by atoms with Crippen molar-refractivity contribution in [2.24, 2.45) is 0 Å². The van der Waals surface area contributed by atoms with Crippen molar-refractivity contribution >= 4 is 17.6 Å². The van der Waals surface area contributed by atoms with Crippen LogP contribution in [0.4, 0.5) is 22.0 Å². The Morgan fingerprint density at radius 3 is 2.38 bits per heavy atom. The number of likely N-dealkylation sites (tertiary alicyclic amines) is 1. The molecule has 3 aromatic rings. The van der Waals surface area contributed by atoms with E-state index in [4.69, 9.17) is 11.6 Å². The molecule has 9 heteroatoms. The van der Waals surface area contributed by atoms with Crippen molar-refractivity contribution in [3.63, 3.8) is 0 Å². The Morgan fingerprint density at radius 1 is 1.05 bits per heavy atom. The molecular formula is C30H27ClF5NO2. The molecule has 2 aliphatic rings. The molecule has 0 saturated carbocycles. The van der Waals surface area contributed by atoms with E-state index in [9.17, 15) is 31.9 Å². The lowest BCUT2D eigenvalue weighted by molar-refractivity contribution is -0.228. The van der Waals surface area contributed by atoms with Crippen LogP contribution in [0.2, 0.25) is 5.02 Å². The lowest BCUT2D eigenvalue weighted by Gasteiger charge is -2.44. The average Bonchev–Trinajstić information content (AvgIpc) is 3.22. The monoisotopic (exact) mass is 563 g/mol. The van der Waals surface area contributed by atoms with Crippen molar-refractivity contribution in [1.29, 1.82) is 0 Å². The Morgan fingerprint density at radius 2 is 1.74 bits per heavy atom. The highest BCUT2D eigenvalue weighted by Crippen LogP contribution is 2.51. The molecular weight excluding hydrogens is 537 g/mol. The number of benzene rings is 3. The molecule has 3 atom stereocenters. The molecule has 3 nitrogen and oxygen atoms in total. The van der Waals surface area contributed by atoms with Crippen LogP contribution in [0, 0.1) is 5.82 Å². The fraction of sp³-hybridized carbons (Fsp3) is 0.367. The van der Waals surface area contributed by atoms with Crippen molar-refractivity contribution < 1.29 is 31.9 Å². The number of fused-ring (bicyclic) bond motifs is 3. The van der Waals surface area contributed by atoms with E-state index in [1.165, 1.54) is 30.3 Å². The fourth-order valence-electron chi connectivity index (χ4n) is 6.34. The highest BCUT2D eigenvalue weighted by atomic mass is 35.5. The first-order valence-corrected chi connectivity index (χ1v) is 13.1. The van der Waals surface area contributed by atoms with Gasteiger partial charge in [-0.25, -0.2) is 13.6 Å². The smallest absolute Gasteiger partial charge is 0.426 e. The zero-order valence-corrected chi connectivity index (χ0v) is 21.9. The Bertz CT molecular complexity index is 1410. The van der Waals surface area contributed by atoms with E-state index in [-0.39, 0.29) is 22.4 Å². The normalized spacial score (nSPS) is 22.7. The Kier molecular flexibility index (Phi) is 7.00. The van der Waals surface area contributed by atoms with E-state index in [0.717, 1.165) is 16.7 Å². The molecule has 0 amide bonds. The largest absolute Gasteiger partial charge is 0.478 e. The average molecular weight is 564 g/mol. The van der Waals surface area contributed by atoms with Gasteiger partial charge in [-0.1, -0.05) is 48.0 Å². The van der Waals surface area contributed by atoms with Crippen LogP contribution in [0.5, 0.6) is 0 Å². The van der Waals surface area contributed by atoms with E-state index in [2.05, 4.69) is 4.90 Å². The molecule has 3 aromatic carbocycles. The first-order chi connectivity index (χ1) is 18.3. The van der Waals surface area contributed by atoms with Gasteiger partial charge in [-0.3, -0.25) is 4.90 Å². The van der Waals surface area contributed by atoms with Crippen LogP contribution in [0.3, 0.4) is 0 Å². The molecule has 0 spiro atoms. The molecule has 1 aliphatic carbocycles. The summed E-state index contributed by atoms with van der Waals surface area (Å²) < 4.78 is 68.9. The van der Waals surface area contributed by atoms with Gasteiger partial charge in [0.2, 0.25) is 5.67 Å². The number of aryl methyl sites for hydroxylation is 1. The van der Waals surface area contributed by atoms with Gasteiger partial charge in [0.25, 0.3) is 0 Å². The Labute approximate surface area is 228 Å². The summed E-state index contributed by atoms with van der Waals surface area (Å²) in [5.74, 6) is -1.46. The summed E-state index contributed by atoms with van der Waals surface area (Å²) in [6.45, 7) is 1.75. The number of nitrogens with zero attached hydrogens (tertiary/aromatic N) is 1. The van der Waals surface area contributed by atoms with Crippen molar-refractivity contribution in [3.8, 4) is 0 Å². The topological polar surface area (TPSA) is 40.5 Å². The van der Waals surface area contributed by atoms with Crippen LogP contribution in [0.15, 0.2) is 60.7 Å². The van der Waals surface area contributed by atoms with Gasteiger partial charge in [-0.2, -0.15) is 13.2 Å². The minimum Gasteiger partial charge on any atom is -0.478 e. The molecule has 0 bridgehead atoms. The first-order valence-electron chi connectivity index (χ1n) is 12.7. The third-order valence-corrected chi connectivity index (χ3v) is 8.72. The number of rotatable bonds is 6. The molecule has 1 N–H and O–H groups in total. The van der Waals surface area contributed by atoms with Gasteiger partial charge < -0.3 is 5.11 Å². The SMILES string of the molecule is CC(F)(c1ccc2c(c1)CC[C@H]1N(Cc3ccc(C(=O)O)c(Cl)c3)CC[C@@]21Cc1ccc(F)cc1)C(F)(F)F. The number of carboxylic acid groups (broad SMARTS) is 1. The summed E-state index contributed by atoms with van der Waals surface area (Å²) in [5, 5.41) is 9.44. The van der Waals surface area contributed by atoms with Gasteiger partial charge in [0, 0.05) is 18.0 Å². The van der Waals surface area contributed by atoms with Crippen molar-refractivity contribution in [1.82, 2.24) is 4.90 Å². The third-order valence-electron chi connectivity index (χ3n) is 8.41. The van der Waals surface area contributed by atoms with Crippen LogP contribution in [-0.2, 0) is 30.5 Å². The van der Waals surface area contributed by atoms with Gasteiger partial charge in [0.05, 0.1) is 10.6 Å². The lowest BCUT2D eigenvalue weighted by Crippen LogP contribution is -2.47. The van der Waals surface area contributed by atoms with Crippen molar-refractivity contribution in [3.05, 3.63) is 105 Å². The molecule has 1 saturated heterocycles. The number of carboxylic acids is 1. The molecule has 1 fully saturated rings. The first kappa shape index (κ1) is 27.6. The molecule has 206 valence electrons. The van der Waals surface area contributed by atoms with E-state index in [0.29, 0.717) is 51.3 Å². The maximum atomic E-state index is 14.8. The van der Waals surface area contributed by atoms with Gasteiger partial charge >= 0.3 is 12.1 Å². The van der Waals surface area contributed by atoms with Gasteiger partial charge in [0.1, 0.15) is 5.82 Å². The molecule has 1 heterocycles. The van der Waals surface area contributed by atoms with Gasteiger partial charge in [-0.05, 0) is 91.2 Å². The quantitative estimate of drug-likeness (QED) is 0.314. The van der Waals surface area contributed by atoms with E-state index in [1.807, 2.05) is 0 Å². The second-order valence-electron chi connectivity index (χ2n) is 10.7. The molecule has 39 heavy (non-hydrogen) atoms. The zero-order valence-electron chi connectivity index (χ0n) is 21.2. The number of aromatic carboxylic acids is 1. The summed E-state index contributed by atoms with van der Waals surface area (Å²) in [7, 11) is 0. The second kappa shape index (κ2) is 9.89. The van der Waals surface area contributed by atoms with Crippen molar-refractivity contribution in [2.75, 3.05) is 6.54 Å². The number of alkyl halides is 4. The Balaban J connectivity index is 1.53. The minimum atomic E-state index is -5.04. The summed E-state index contributed by atoms with van der Waals surface area (Å²) in [5.41, 5.74) is -0.977. The fourth-order valence-corrected chi connectivity index (χ4v) is 6.63. The van der Waals surface area contributed by atoms with Crippen LogP contribution in [0.1, 0.15) is 57.9 Å². The van der Waals surface area contributed by atoms with Crippen molar-refractivity contribution in [2.45, 2.75) is 62.5 Å². The molecule has 1 aliphatic heterocycles. The molecule has 0 radical (unpaired) electrons. The van der Waals surface area contributed by atoms with E-state index in [1.54, 1.807) is 30.3 Å². The number of hydrogen-bond acceptors (Lipinski definition) is 2. The predicted octanol–water partition coefficient (Wildman–Crippen LogP) is 7.63. The number of carbonyl (C=O) groups is 1. The molecule has 1 unspecified atom stereocenters. The van der Waals surface area contributed by atoms with Crippen LogP contribution in [-0.4, -0.2) is 34.7 Å². The second-order valence-corrected chi connectivity index (χ2v) is 11.1. The maximum Gasteiger partial charge on any atom is 0.426 e. The summed E-state index contributed by atoms with van der Waals surface area (Å²) in [4.78, 5) is 13.6. The summed E-state index contributed by atoms with van der Waals surface area (Å²) >= 11 is 6.20. The molecule has 0 aromatic heterocycles. The lowest BCUT2D eigenvalue weighted by atomic mass is 9.63. The number of halogens is 6. The van der Waals surface area contributed by atoms with Gasteiger partial charge in [0.15, 0.2) is 0 Å². The highest BCUT2D eigenvalue weighted by Gasteiger charge is 2.55. The summed E-state index contributed by atoms with van der Waals surface area (Å²) in [6, 6.07) is 15.4. The van der Waals surface area contributed by atoms with Gasteiger partial charge in [-0.15, -0.1) is 0 Å². The summed E-state index contributed by atoms with van der Waals surface area (Å²) in [6.07, 6.45) is -2.65. The van der Waals surface area contributed by atoms with Crippen LogP contribution < -0.4 is 0 Å². The third kappa shape index (κ3) is 4.93. The van der Waals surface area contributed by atoms with Crippen LogP contribution in [0.25, 0.3) is 0 Å². The predicted molar refractivity (Wildman–Crippen MR) is 138 cm³/mol. The van der Waals surface area contributed by atoms with E-state index < -0.39 is 28.8 Å². The standard InChI is InChI=1S/C30H27ClF5NO2/c1-28(33,30(34,35)36)21-6-10-24-20(15-21)5-11-26-29(24,16-18-2-7-22(32)8-3-18)12-13-37(26)17-19-4-9-23(27(38)39)25(31)14-19/h2-4,6-10,14-15,26H,5,11-13,16-17H2,1H3,(H,38,39)/t26-,28?,29-/m1/s1.